The Labute approximate surface area is 88.3 Å². The quantitative estimate of drug-likeness (QED) is 0.702. The first-order valence-corrected chi connectivity index (χ1v) is 6.14. The normalized spacial score (nSPS) is 29.1. The van der Waals surface area contributed by atoms with E-state index in [0.717, 1.165) is 25.0 Å². The molecule has 0 spiro atoms. The molecule has 1 N–H and O–H groups in total. The first-order valence-electron chi connectivity index (χ1n) is 6.14. The summed E-state index contributed by atoms with van der Waals surface area (Å²) in [6.07, 6.45) is 6.87. The Kier molecular flexibility index (Phi) is 5.49. The molecule has 0 saturated heterocycles. The van der Waals surface area contributed by atoms with Crippen molar-refractivity contribution >= 4 is 0 Å². The average Bonchev–Trinajstić information content (AvgIpc) is 2.40. The number of aliphatic hydroxyl groups is 1. The number of hydrogen-bond donors (Lipinski definition) is 1. The molecule has 0 amide bonds. The van der Waals surface area contributed by atoms with Crippen molar-refractivity contribution in [3.05, 3.63) is 0 Å². The van der Waals surface area contributed by atoms with E-state index in [9.17, 15) is 0 Å². The number of hydrogen-bond acceptors (Lipinski definition) is 2. The molecule has 0 aliphatic heterocycles. The fourth-order valence-corrected chi connectivity index (χ4v) is 2.70. The van der Waals surface area contributed by atoms with Gasteiger partial charge in [-0.05, 0) is 25.3 Å². The molecular formula is C12H25NO. The van der Waals surface area contributed by atoms with Gasteiger partial charge >= 0.3 is 0 Å². The molecule has 2 heteroatoms. The molecule has 0 radical (unpaired) electrons. The molecule has 1 rings (SSSR count). The molecule has 1 aliphatic carbocycles. The van der Waals surface area contributed by atoms with E-state index in [1.807, 2.05) is 0 Å². The molecule has 0 aromatic heterocycles. The fourth-order valence-electron chi connectivity index (χ4n) is 2.70. The molecule has 1 saturated carbocycles. The Morgan fingerprint density at radius 1 is 1.21 bits per heavy atom. The summed E-state index contributed by atoms with van der Waals surface area (Å²) in [5.41, 5.74) is 0. The number of nitrogens with zero attached hydrogens (tertiary/aromatic N) is 1. The van der Waals surface area contributed by atoms with Gasteiger partial charge in [0.25, 0.3) is 0 Å². The molecule has 1 fully saturated rings. The van der Waals surface area contributed by atoms with Crippen LogP contribution in [0.4, 0.5) is 0 Å². The van der Waals surface area contributed by atoms with E-state index in [0.29, 0.717) is 6.61 Å². The lowest BCUT2D eigenvalue weighted by Crippen LogP contribution is -2.40. The summed E-state index contributed by atoms with van der Waals surface area (Å²) >= 11 is 0. The Morgan fingerprint density at radius 2 is 1.93 bits per heavy atom. The largest absolute Gasteiger partial charge is 0.395 e. The first kappa shape index (κ1) is 12.0. The summed E-state index contributed by atoms with van der Waals surface area (Å²) in [5.74, 6) is 0.809. The average molecular weight is 199 g/mol. The predicted octanol–water partition coefficient (Wildman–Crippen LogP) is 2.27. The van der Waals surface area contributed by atoms with E-state index in [1.54, 1.807) is 0 Å². The lowest BCUT2D eigenvalue weighted by molar-refractivity contribution is 0.117. The summed E-state index contributed by atoms with van der Waals surface area (Å²) in [5, 5.41) is 9.01. The molecule has 0 aromatic rings. The zero-order chi connectivity index (χ0) is 10.4. The third-order valence-corrected chi connectivity index (χ3v) is 3.58. The summed E-state index contributed by atoms with van der Waals surface area (Å²) in [6.45, 7) is 6.81. The summed E-state index contributed by atoms with van der Waals surface area (Å²) in [7, 11) is 0. The van der Waals surface area contributed by atoms with Gasteiger partial charge in [0.2, 0.25) is 0 Å². The van der Waals surface area contributed by atoms with Crippen LogP contribution >= 0.6 is 0 Å². The van der Waals surface area contributed by atoms with Crippen molar-refractivity contribution in [1.29, 1.82) is 0 Å². The van der Waals surface area contributed by atoms with Gasteiger partial charge in [-0.25, -0.2) is 0 Å². The van der Waals surface area contributed by atoms with E-state index in [-0.39, 0.29) is 0 Å². The lowest BCUT2D eigenvalue weighted by atomic mass is 9.95. The molecule has 0 bridgehead atoms. The summed E-state index contributed by atoms with van der Waals surface area (Å²) in [4.78, 5) is 2.45. The zero-order valence-corrected chi connectivity index (χ0v) is 9.71. The molecular weight excluding hydrogens is 174 g/mol. The Balaban J connectivity index is 2.51. The number of aliphatic hydroxyl groups excluding tert-OH is 1. The van der Waals surface area contributed by atoms with Gasteiger partial charge in [-0.1, -0.05) is 33.1 Å². The van der Waals surface area contributed by atoms with E-state index in [2.05, 4.69) is 18.7 Å². The van der Waals surface area contributed by atoms with E-state index in [4.69, 9.17) is 5.11 Å². The summed E-state index contributed by atoms with van der Waals surface area (Å²) in [6, 6.07) is 0.717. The molecule has 2 nitrogen and oxygen atoms in total. The highest BCUT2D eigenvalue weighted by Gasteiger charge is 2.24. The van der Waals surface area contributed by atoms with Gasteiger partial charge in [-0.2, -0.15) is 0 Å². The van der Waals surface area contributed by atoms with Gasteiger partial charge in [-0.3, -0.25) is 4.90 Å². The Hall–Kier alpha value is -0.0800. The van der Waals surface area contributed by atoms with Gasteiger partial charge in [0.05, 0.1) is 6.61 Å². The molecule has 1 aliphatic rings. The minimum Gasteiger partial charge on any atom is -0.395 e. The van der Waals surface area contributed by atoms with Gasteiger partial charge in [0.1, 0.15) is 0 Å². The highest BCUT2D eigenvalue weighted by Crippen LogP contribution is 2.26. The Morgan fingerprint density at radius 3 is 2.57 bits per heavy atom. The highest BCUT2D eigenvalue weighted by atomic mass is 16.3. The fraction of sp³-hybridized carbons (Fsp3) is 1.00. The topological polar surface area (TPSA) is 23.5 Å². The second-order valence-corrected chi connectivity index (χ2v) is 4.53. The van der Waals surface area contributed by atoms with Crippen molar-refractivity contribution in [3.63, 3.8) is 0 Å². The monoisotopic (exact) mass is 199 g/mol. The maximum atomic E-state index is 9.01. The van der Waals surface area contributed by atoms with Crippen LogP contribution in [0.3, 0.4) is 0 Å². The predicted molar refractivity (Wildman–Crippen MR) is 60.4 cm³/mol. The SMILES string of the molecule is CCN(CCO)C1CCCCCC1C. The van der Waals surface area contributed by atoms with E-state index < -0.39 is 0 Å². The molecule has 2 atom stereocenters. The standard InChI is InChI=1S/C12H25NO/c1-3-13(9-10-14)12-8-6-4-5-7-11(12)2/h11-12,14H,3-10H2,1-2H3. The Bertz CT molecular complexity index is 149. The van der Waals surface area contributed by atoms with E-state index >= 15 is 0 Å². The molecule has 0 aromatic carbocycles. The van der Waals surface area contributed by atoms with Crippen LogP contribution in [0.15, 0.2) is 0 Å². The van der Waals surface area contributed by atoms with Crippen molar-refractivity contribution < 1.29 is 5.11 Å². The maximum Gasteiger partial charge on any atom is 0.0558 e. The van der Waals surface area contributed by atoms with Gasteiger partial charge < -0.3 is 5.11 Å². The minimum absolute atomic E-state index is 0.303. The highest BCUT2D eigenvalue weighted by molar-refractivity contribution is 4.79. The van der Waals surface area contributed by atoms with Crippen LogP contribution in [0, 0.1) is 5.92 Å². The zero-order valence-electron chi connectivity index (χ0n) is 9.71. The van der Waals surface area contributed by atoms with Crippen LogP contribution < -0.4 is 0 Å². The molecule has 0 heterocycles. The minimum atomic E-state index is 0.303. The molecule has 2 unspecified atom stereocenters. The third kappa shape index (κ3) is 3.25. The molecule has 14 heavy (non-hydrogen) atoms. The molecule has 84 valence electrons. The van der Waals surface area contributed by atoms with Crippen LogP contribution in [0.1, 0.15) is 46.0 Å². The maximum absolute atomic E-state index is 9.01. The van der Waals surface area contributed by atoms with Gasteiger partial charge in [0.15, 0.2) is 0 Å². The van der Waals surface area contributed by atoms with Crippen molar-refractivity contribution in [3.8, 4) is 0 Å². The lowest BCUT2D eigenvalue weighted by Gasteiger charge is -2.33. The summed E-state index contributed by atoms with van der Waals surface area (Å²) < 4.78 is 0. The van der Waals surface area contributed by atoms with Crippen molar-refractivity contribution in [2.24, 2.45) is 5.92 Å². The van der Waals surface area contributed by atoms with Crippen LogP contribution in [0.5, 0.6) is 0 Å². The van der Waals surface area contributed by atoms with Gasteiger partial charge in [0, 0.05) is 12.6 Å². The van der Waals surface area contributed by atoms with Crippen LogP contribution in [0.2, 0.25) is 0 Å². The second-order valence-electron chi connectivity index (χ2n) is 4.53. The number of rotatable bonds is 4. The van der Waals surface area contributed by atoms with Crippen LogP contribution in [-0.2, 0) is 0 Å². The first-order chi connectivity index (χ1) is 6.79. The van der Waals surface area contributed by atoms with Gasteiger partial charge in [-0.15, -0.1) is 0 Å². The van der Waals surface area contributed by atoms with Crippen LogP contribution in [-0.4, -0.2) is 35.7 Å². The smallest absolute Gasteiger partial charge is 0.0558 e. The van der Waals surface area contributed by atoms with Crippen molar-refractivity contribution in [2.45, 2.75) is 52.0 Å². The third-order valence-electron chi connectivity index (χ3n) is 3.58. The van der Waals surface area contributed by atoms with Crippen molar-refractivity contribution in [2.75, 3.05) is 19.7 Å². The van der Waals surface area contributed by atoms with Crippen LogP contribution in [0.25, 0.3) is 0 Å². The van der Waals surface area contributed by atoms with E-state index in [1.165, 1.54) is 32.1 Å². The number of likely N-dealkylation sites (N-methyl/N-ethyl adjacent to an activating group) is 1. The second kappa shape index (κ2) is 6.41. The van der Waals surface area contributed by atoms with Crippen molar-refractivity contribution in [1.82, 2.24) is 4.90 Å².